The predicted molar refractivity (Wildman–Crippen MR) is 70.9 cm³/mol. The topological polar surface area (TPSA) is 69.6 Å². The van der Waals surface area contributed by atoms with Crippen LogP contribution in [0.25, 0.3) is 0 Å². The number of amides is 1. The molecule has 0 radical (unpaired) electrons. The van der Waals surface area contributed by atoms with Crippen LogP contribution in [-0.4, -0.2) is 41.0 Å². The van der Waals surface area contributed by atoms with E-state index in [1.807, 2.05) is 0 Å². The van der Waals surface area contributed by atoms with E-state index < -0.39 is 17.8 Å². The normalized spacial score (nSPS) is 19.7. The Hall–Kier alpha value is -1.66. The third-order valence-electron chi connectivity index (χ3n) is 3.20. The number of rotatable bonds is 4. The van der Waals surface area contributed by atoms with Gasteiger partial charge in [0.2, 0.25) is 5.91 Å². The first-order valence-electron chi connectivity index (χ1n) is 6.15. The highest BCUT2D eigenvalue weighted by Gasteiger charge is 2.31. The summed E-state index contributed by atoms with van der Waals surface area (Å²) in [5, 5.41) is 11.8. The van der Waals surface area contributed by atoms with Crippen LogP contribution in [0, 0.1) is 5.82 Å². The Morgan fingerprint density at radius 3 is 2.95 bits per heavy atom. The van der Waals surface area contributed by atoms with Gasteiger partial charge in [-0.1, -0.05) is 17.7 Å². The molecule has 0 aromatic heterocycles. The molecule has 0 bridgehead atoms. The van der Waals surface area contributed by atoms with Crippen molar-refractivity contribution in [2.75, 3.05) is 13.1 Å². The fourth-order valence-electron chi connectivity index (χ4n) is 2.21. The van der Waals surface area contributed by atoms with Crippen molar-refractivity contribution < 1.29 is 19.1 Å². The molecule has 0 spiro atoms. The molecule has 1 aromatic carbocycles. The number of benzene rings is 1. The summed E-state index contributed by atoms with van der Waals surface area (Å²) >= 11 is 5.96. The van der Waals surface area contributed by atoms with E-state index in [0.717, 1.165) is 0 Å². The van der Waals surface area contributed by atoms with Gasteiger partial charge < -0.3 is 10.4 Å². The molecule has 1 fully saturated rings. The molecule has 1 amide bonds. The molecule has 1 saturated heterocycles. The first kappa shape index (κ1) is 14.7. The summed E-state index contributed by atoms with van der Waals surface area (Å²) in [6, 6.07) is 3.30. The Balaban J connectivity index is 2.16. The summed E-state index contributed by atoms with van der Waals surface area (Å²) in [5.74, 6) is -1.78. The van der Waals surface area contributed by atoms with E-state index >= 15 is 0 Å². The van der Waals surface area contributed by atoms with Gasteiger partial charge in [-0.05, 0) is 17.7 Å². The number of hydrogen-bond donors (Lipinski definition) is 2. The molecule has 5 nitrogen and oxygen atoms in total. The Morgan fingerprint density at radius 1 is 1.55 bits per heavy atom. The molecule has 1 heterocycles. The third kappa shape index (κ3) is 3.46. The molecule has 20 heavy (non-hydrogen) atoms. The van der Waals surface area contributed by atoms with Gasteiger partial charge in [-0.25, -0.2) is 4.39 Å². The molecule has 0 aliphatic carbocycles. The maximum atomic E-state index is 13.0. The maximum Gasteiger partial charge on any atom is 0.305 e. The van der Waals surface area contributed by atoms with Gasteiger partial charge >= 0.3 is 5.97 Å². The average Bonchev–Trinajstić information content (AvgIpc) is 2.36. The van der Waals surface area contributed by atoms with Crippen LogP contribution in [0.2, 0.25) is 5.02 Å². The standard InChI is InChI=1S/C13H14ClFN2O3/c14-10-5-9(15)2-1-8(10)7-17-4-3-16-13(20)11(17)6-12(18)19/h1-2,5,11H,3-4,6-7H2,(H,16,20)(H,18,19)/t11-/m0/s1. The van der Waals surface area contributed by atoms with Crippen molar-refractivity contribution in [3.8, 4) is 0 Å². The first-order chi connectivity index (χ1) is 9.47. The Bertz CT molecular complexity index is 538. The number of halogens is 2. The number of nitrogens with zero attached hydrogens (tertiary/aromatic N) is 1. The van der Waals surface area contributed by atoms with Crippen molar-refractivity contribution in [2.45, 2.75) is 19.0 Å². The van der Waals surface area contributed by atoms with E-state index in [1.54, 1.807) is 11.0 Å². The molecule has 108 valence electrons. The number of piperazine rings is 1. The van der Waals surface area contributed by atoms with E-state index in [-0.39, 0.29) is 17.4 Å². The average molecular weight is 301 g/mol. The summed E-state index contributed by atoms with van der Waals surface area (Å²) in [4.78, 5) is 24.3. The van der Waals surface area contributed by atoms with Gasteiger partial charge in [0.1, 0.15) is 11.9 Å². The summed E-state index contributed by atoms with van der Waals surface area (Å²) in [7, 11) is 0. The van der Waals surface area contributed by atoms with E-state index in [4.69, 9.17) is 16.7 Å². The lowest BCUT2D eigenvalue weighted by atomic mass is 10.1. The first-order valence-corrected chi connectivity index (χ1v) is 6.52. The van der Waals surface area contributed by atoms with Crippen molar-refractivity contribution in [1.29, 1.82) is 0 Å². The number of carboxylic acids is 1. The molecular weight excluding hydrogens is 287 g/mol. The number of hydrogen-bond acceptors (Lipinski definition) is 3. The third-order valence-corrected chi connectivity index (χ3v) is 3.55. The van der Waals surface area contributed by atoms with Gasteiger partial charge in [0.15, 0.2) is 0 Å². The minimum absolute atomic E-state index is 0.269. The zero-order valence-corrected chi connectivity index (χ0v) is 11.4. The number of carbonyl (C=O) groups is 2. The van der Waals surface area contributed by atoms with Gasteiger partial charge in [0.25, 0.3) is 0 Å². The predicted octanol–water partition coefficient (Wildman–Crippen LogP) is 1.25. The van der Waals surface area contributed by atoms with Crippen LogP contribution in [-0.2, 0) is 16.1 Å². The van der Waals surface area contributed by atoms with Gasteiger partial charge in [0, 0.05) is 24.7 Å². The zero-order chi connectivity index (χ0) is 14.7. The van der Waals surface area contributed by atoms with Crippen molar-refractivity contribution in [3.05, 3.63) is 34.6 Å². The smallest absolute Gasteiger partial charge is 0.305 e. The van der Waals surface area contributed by atoms with E-state index in [9.17, 15) is 14.0 Å². The molecule has 1 aromatic rings. The van der Waals surface area contributed by atoms with E-state index in [0.29, 0.717) is 25.2 Å². The van der Waals surface area contributed by atoms with Crippen molar-refractivity contribution in [2.24, 2.45) is 0 Å². The number of carboxylic acid groups (broad SMARTS) is 1. The van der Waals surface area contributed by atoms with E-state index in [2.05, 4.69) is 5.32 Å². The van der Waals surface area contributed by atoms with Crippen LogP contribution in [0.4, 0.5) is 4.39 Å². The van der Waals surface area contributed by atoms with Crippen molar-refractivity contribution in [3.63, 3.8) is 0 Å². The molecule has 0 saturated carbocycles. The van der Waals surface area contributed by atoms with Gasteiger partial charge in [0.05, 0.1) is 6.42 Å². The molecule has 1 atom stereocenters. The Kier molecular flexibility index (Phi) is 4.57. The minimum atomic E-state index is -1.04. The largest absolute Gasteiger partial charge is 0.481 e. The summed E-state index contributed by atoms with van der Waals surface area (Å²) in [5.41, 5.74) is 0.665. The van der Waals surface area contributed by atoms with Crippen molar-refractivity contribution in [1.82, 2.24) is 10.2 Å². The maximum absolute atomic E-state index is 13.0. The Morgan fingerprint density at radius 2 is 2.30 bits per heavy atom. The van der Waals surface area contributed by atoms with Crippen LogP contribution in [0.1, 0.15) is 12.0 Å². The summed E-state index contributed by atoms with van der Waals surface area (Å²) in [6.45, 7) is 1.29. The van der Waals surface area contributed by atoms with Gasteiger partial charge in [-0.3, -0.25) is 14.5 Å². The second-order valence-electron chi connectivity index (χ2n) is 4.61. The number of carbonyl (C=O) groups excluding carboxylic acids is 1. The second kappa shape index (κ2) is 6.19. The highest BCUT2D eigenvalue weighted by molar-refractivity contribution is 6.31. The Labute approximate surface area is 120 Å². The van der Waals surface area contributed by atoms with Crippen LogP contribution < -0.4 is 5.32 Å². The highest BCUT2D eigenvalue weighted by atomic mass is 35.5. The fourth-order valence-corrected chi connectivity index (χ4v) is 2.43. The molecule has 1 aliphatic rings. The van der Waals surface area contributed by atoms with E-state index in [1.165, 1.54) is 12.1 Å². The van der Waals surface area contributed by atoms with Gasteiger partial charge in [-0.2, -0.15) is 0 Å². The monoisotopic (exact) mass is 300 g/mol. The fraction of sp³-hybridized carbons (Fsp3) is 0.385. The number of aliphatic carboxylic acids is 1. The quantitative estimate of drug-likeness (QED) is 0.878. The molecule has 2 N–H and O–H groups in total. The molecule has 2 rings (SSSR count). The SMILES string of the molecule is O=C(O)C[C@H]1C(=O)NCCN1Cc1ccc(F)cc1Cl. The van der Waals surface area contributed by atoms with Crippen LogP contribution in [0.3, 0.4) is 0 Å². The number of nitrogens with one attached hydrogen (secondary N) is 1. The van der Waals surface area contributed by atoms with Gasteiger partial charge in [-0.15, -0.1) is 0 Å². The van der Waals surface area contributed by atoms with Crippen LogP contribution in [0.15, 0.2) is 18.2 Å². The zero-order valence-electron chi connectivity index (χ0n) is 10.6. The summed E-state index contributed by atoms with van der Waals surface area (Å²) < 4.78 is 13.0. The second-order valence-corrected chi connectivity index (χ2v) is 5.02. The lowest BCUT2D eigenvalue weighted by Crippen LogP contribution is -2.55. The molecule has 1 aliphatic heterocycles. The molecule has 0 unspecified atom stereocenters. The van der Waals surface area contributed by atoms with Crippen LogP contribution in [0.5, 0.6) is 0 Å². The molecular formula is C13H14ClFN2O3. The molecule has 7 heteroatoms. The highest BCUT2D eigenvalue weighted by Crippen LogP contribution is 2.21. The summed E-state index contributed by atoms with van der Waals surface area (Å²) in [6.07, 6.45) is -0.273. The van der Waals surface area contributed by atoms with Crippen molar-refractivity contribution >= 4 is 23.5 Å². The lowest BCUT2D eigenvalue weighted by molar-refractivity contribution is -0.143. The van der Waals surface area contributed by atoms with Crippen LogP contribution >= 0.6 is 11.6 Å². The lowest BCUT2D eigenvalue weighted by Gasteiger charge is -2.34. The minimum Gasteiger partial charge on any atom is -0.481 e.